The lowest BCUT2D eigenvalue weighted by atomic mass is 10.2. The van der Waals surface area contributed by atoms with Crippen LogP contribution in [0.1, 0.15) is 0 Å². The molecule has 2 aromatic rings. The van der Waals surface area contributed by atoms with E-state index >= 15 is 0 Å². The quantitative estimate of drug-likeness (QED) is 0.880. The minimum Gasteiger partial charge on any atom is -0.334 e. The van der Waals surface area contributed by atoms with Gasteiger partial charge in [-0.2, -0.15) is 0 Å². The molecule has 74 valence electrons. The van der Waals surface area contributed by atoms with E-state index in [-0.39, 0.29) is 5.82 Å². The van der Waals surface area contributed by atoms with E-state index in [9.17, 15) is 4.39 Å². The summed E-state index contributed by atoms with van der Waals surface area (Å²) in [5.41, 5.74) is 6.36. The fraction of sp³-hybridized carbons (Fsp3) is 0.200. The van der Waals surface area contributed by atoms with Crippen LogP contribution in [0.5, 0.6) is 0 Å². The van der Waals surface area contributed by atoms with Crippen molar-refractivity contribution >= 4 is 26.8 Å². The van der Waals surface area contributed by atoms with Gasteiger partial charge in [-0.3, -0.25) is 0 Å². The summed E-state index contributed by atoms with van der Waals surface area (Å²) in [4.78, 5) is 0. The molecular weight excluding hydrogens is 247 g/mol. The van der Waals surface area contributed by atoms with Gasteiger partial charge in [-0.15, -0.1) is 0 Å². The van der Waals surface area contributed by atoms with Gasteiger partial charge in [-0.1, -0.05) is 0 Å². The van der Waals surface area contributed by atoms with Gasteiger partial charge < -0.3 is 10.3 Å². The number of aromatic nitrogens is 1. The minimum absolute atomic E-state index is 0.221. The van der Waals surface area contributed by atoms with Crippen molar-refractivity contribution in [2.75, 3.05) is 6.54 Å². The smallest absolute Gasteiger partial charge is 0.125 e. The molecule has 0 amide bonds. The molecule has 1 aromatic carbocycles. The Morgan fingerprint density at radius 2 is 2.14 bits per heavy atom. The Balaban J connectivity index is 2.66. The molecule has 0 saturated heterocycles. The summed E-state index contributed by atoms with van der Waals surface area (Å²) in [7, 11) is 0. The van der Waals surface area contributed by atoms with Crippen LogP contribution in [0.2, 0.25) is 0 Å². The molecule has 0 aliphatic carbocycles. The van der Waals surface area contributed by atoms with Crippen LogP contribution in [-0.4, -0.2) is 11.1 Å². The summed E-state index contributed by atoms with van der Waals surface area (Å²) in [6.07, 6.45) is 0. The average Bonchev–Trinajstić information content (AvgIpc) is 2.45. The first kappa shape index (κ1) is 9.68. The molecule has 0 fully saturated rings. The van der Waals surface area contributed by atoms with Gasteiger partial charge in [0.2, 0.25) is 0 Å². The fourth-order valence-electron chi connectivity index (χ4n) is 1.55. The van der Waals surface area contributed by atoms with Crippen LogP contribution in [0, 0.1) is 5.82 Å². The maximum Gasteiger partial charge on any atom is 0.125 e. The molecule has 14 heavy (non-hydrogen) atoms. The van der Waals surface area contributed by atoms with E-state index in [0.717, 1.165) is 15.5 Å². The number of nitrogens with two attached hydrogens (primary N) is 1. The third-order valence-corrected chi connectivity index (χ3v) is 2.83. The monoisotopic (exact) mass is 256 g/mol. The predicted molar refractivity (Wildman–Crippen MR) is 58.7 cm³/mol. The number of benzene rings is 1. The zero-order valence-electron chi connectivity index (χ0n) is 7.50. The Labute approximate surface area is 89.6 Å². The number of hydrogen-bond donors (Lipinski definition) is 1. The third-order valence-electron chi connectivity index (χ3n) is 2.17. The largest absolute Gasteiger partial charge is 0.334 e. The summed E-state index contributed by atoms with van der Waals surface area (Å²) in [5, 5.41) is 1.02. The molecule has 0 saturated carbocycles. The van der Waals surface area contributed by atoms with Crippen LogP contribution in [0.3, 0.4) is 0 Å². The molecule has 2 rings (SSSR count). The Bertz CT molecular complexity index is 464. The van der Waals surface area contributed by atoms with E-state index in [1.807, 2.05) is 10.6 Å². The van der Waals surface area contributed by atoms with Gasteiger partial charge in [-0.05, 0) is 40.2 Å². The Morgan fingerprint density at radius 1 is 1.36 bits per heavy atom. The lowest BCUT2D eigenvalue weighted by Crippen LogP contribution is -2.09. The van der Waals surface area contributed by atoms with Gasteiger partial charge in [0, 0.05) is 18.5 Å². The lowest BCUT2D eigenvalue weighted by Gasteiger charge is -2.04. The second-order valence-corrected chi connectivity index (χ2v) is 3.92. The summed E-state index contributed by atoms with van der Waals surface area (Å²) in [5.74, 6) is -0.221. The minimum atomic E-state index is -0.221. The lowest BCUT2D eigenvalue weighted by molar-refractivity contribution is 0.627. The van der Waals surface area contributed by atoms with Crippen molar-refractivity contribution in [3.05, 3.63) is 34.7 Å². The van der Waals surface area contributed by atoms with Gasteiger partial charge >= 0.3 is 0 Å². The highest BCUT2D eigenvalue weighted by molar-refractivity contribution is 9.10. The molecule has 0 aliphatic rings. The standard InChI is InChI=1S/C10H10BrFN2/c11-10-5-7-1-2-8(12)6-9(7)14(10)4-3-13/h1-2,5-6H,3-4,13H2. The molecule has 4 heteroatoms. The van der Waals surface area contributed by atoms with Gasteiger partial charge in [0.1, 0.15) is 5.82 Å². The highest BCUT2D eigenvalue weighted by Crippen LogP contribution is 2.24. The number of rotatable bonds is 2. The molecule has 0 unspecified atom stereocenters. The molecule has 0 aliphatic heterocycles. The number of fused-ring (bicyclic) bond motifs is 1. The topological polar surface area (TPSA) is 30.9 Å². The number of hydrogen-bond acceptors (Lipinski definition) is 1. The fourth-order valence-corrected chi connectivity index (χ4v) is 2.17. The van der Waals surface area contributed by atoms with Crippen molar-refractivity contribution in [1.29, 1.82) is 0 Å². The van der Waals surface area contributed by atoms with E-state index in [1.54, 1.807) is 6.07 Å². The Morgan fingerprint density at radius 3 is 2.86 bits per heavy atom. The number of nitrogens with zero attached hydrogens (tertiary/aromatic N) is 1. The van der Waals surface area contributed by atoms with Crippen LogP contribution in [0.4, 0.5) is 4.39 Å². The molecule has 2 N–H and O–H groups in total. The van der Waals surface area contributed by atoms with E-state index in [2.05, 4.69) is 15.9 Å². The maximum absolute atomic E-state index is 13.0. The molecule has 0 atom stereocenters. The zero-order chi connectivity index (χ0) is 10.1. The van der Waals surface area contributed by atoms with Crippen LogP contribution in [0.25, 0.3) is 10.9 Å². The summed E-state index contributed by atoms with van der Waals surface area (Å²) in [6, 6.07) is 6.71. The van der Waals surface area contributed by atoms with Gasteiger partial charge in [0.15, 0.2) is 0 Å². The van der Waals surface area contributed by atoms with E-state index < -0.39 is 0 Å². The van der Waals surface area contributed by atoms with Gasteiger partial charge in [0.05, 0.1) is 10.1 Å². The molecule has 1 aromatic heterocycles. The van der Waals surface area contributed by atoms with E-state index in [1.165, 1.54) is 12.1 Å². The van der Waals surface area contributed by atoms with Crippen LogP contribution in [0.15, 0.2) is 28.9 Å². The van der Waals surface area contributed by atoms with Crippen LogP contribution < -0.4 is 5.73 Å². The van der Waals surface area contributed by atoms with Crippen molar-refractivity contribution in [2.24, 2.45) is 5.73 Å². The third kappa shape index (κ3) is 1.55. The van der Waals surface area contributed by atoms with Gasteiger partial charge in [-0.25, -0.2) is 4.39 Å². The first-order chi connectivity index (χ1) is 6.72. The molecule has 0 bridgehead atoms. The Kier molecular flexibility index (Phi) is 2.56. The van der Waals surface area contributed by atoms with Crippen molar-refractivity contribution in [2.45, 2.75) is 6.54 Å². The average molecular weight is 257 g/mol. The second kappa shape index (κ2) is 3.71. The van der Waals surface area contributed by atoms with Crippen LogP contribution in [-0.2, 0) is 6.54 Å². The highest BCUT2D eigenvalue weighted by Gasteiger charge is 2.06. The van der Waals surface area contributed by atoms with Crippen molar-refractivity contribution in [1.82, 2.24) is 4.57 Å². The first-order valence-electron chi connectivity index (χ1n) is 4.37. The van der Waals surface area contributed by atoms with Gasteiger partial charge in [0.25, 0.3) is 0 Å². The van der Waals surface area contributed by atoms with Crippen molar-refractivity contribution in [3.63, 3.8) is 0 Å². The Hall–Kier alpha value is -0.870. The second-order valence-electron chi connectivity index (χ2n) is 3.11. The van der Waals surface area contributed by atoms with Crippen molar-refractivity contribution < 1.29 is 4.39 Å². The SMILES string of the molecule is NCCn1c(Br)cc2ccc(F)cc21. The van der Waals surface area contributed by atoms with E-state index in [4.69, 9.17) is 5.73 Å². The predicted octanol–water partition coefficient (Wildman–Crippen LogP) is 2.50. The number of halogens is 2. The van der Waals surface area contributed by atoms with E-state index in [0.29, 0.717) is 13.1 Å². The van der Waals surface area contributed by atoms with Crippen molar-refractivity contribution in [3.8, 4) is 0 Å². The molecule has 1 heterocycles. The normalized spacial score (nSPS) is 11.1. The highest BCUT2D eigenvalue weighted by atomic mass is 79.9. The maximum atomic E-state index is 13.0. The molecule has 2 nitrogen and oxygen atoms in total. The zero-order valence-corrected chi connectivity index (χ0v) is 9.09. The molecule has 0 spiro atoms. The summed E-state index contributed by atoms with van der Waals surface area (Å²) in [6.45, 7) is 1.23. The van der Waals surface area contributed by atoms with Crippen LogP contribution >= 0.6 is 15.9 Å². The summed E-state index contributed by atoms with van der Waals surface area (Å²) >= 11 is 3.42. The molecule has 0 radical (unpaired) electrons. The molecular formula is C10H10BrFN2. The summed E-state index contributed by atoms with van der Waals surface area (Å²) < 4.78 is 15.9. The first-order valence-corrected chi connectivity index (χ1v) is 5.16.